The van der Waals surface area contributed by atoms with E-state index in [0.29, 0.717) is 5.95 Å². The van der Waals surface area contributed by atoms with Crippen LogP contribution < -0.4 is 11.1 Å². The van der Waals surface area contributed by atoms with Crippen molar-refractivity contribution < 1.29 is 0 Å². The molecule has 0 radical (unpaired) electrons. The van der Waals surface area contributed by atoms with Gasteiger partial charge >= 0.3 is 0 Å². The molecule has 2 aromatic rings. The monoisotopic (exact) mass is 204 g/mol. The first-order valence-corrected chi connectivity index (χ1v) is 4.62. The van der Waals surface area contributed by atoms with Crippen LogP contribution in [0.25, 0.3) is 0 Å². The summed E-state index contributed by atoms with van der Waals surface area (Å²) in [5, 5.41) is 16.5. The fraction of sp³-hybridized carbons (Fsp3) is 0.222. The number of nitrogens with zero attached hydrogens (tertiary/aromatic N) is 3. The molecule has 1 unspecified atom stereocenters. The van der Waals surface area contributed by atoms with Crippen LogP contribution >= 0.6 is 0 Å². The number of hydrogen-bond acceptors (Lipinski definition) is 5. The van der Waals surface area contributed by atoms with Crippen molar-refractivity contribution in [1.82, 2.24) is 20.6 Å². The molecule has 0 aliphatic rings. The Morgan fingerprint density at radius 3 is 2.87 bits per heavy atom. The van der Waals surface area contributed by atoms with Gasteiger partial charge in [0.15, 0.2) is 0 Å². The highest BCUT2D eigenvalue weighted by atomic mass is 15.5. The highest BCUT2D eigenvalue weighted by Gasteiger charge is 2.09. The second-order valence-electron chi connectivity index (χ2n) is 3.23. The number of tetrazole rings is 1. The molecule has 1 heterocycles. The summed E-state index contributed by atoms with van der Waals surface area (Å²) in [6, 6.07) is 7.72. The van der Waals surface area contributed by atoms with E-state index in [4.69, 9.17) is 5.73 Å². The first kappa shape index (κ1) is 9.45. The molecule has 15 heavy (non-hydrogen) atoms. The molecule has 1 atom stereocenters. The van der Waals surface area contributed by atoms with Crippen molar-refractivity contribution in [2.45, 2.75) is 13.0 Å². The first-order chi connectivity index (χ1) is 7.27. The van der Waals surface area contributed by atoms with Gasteiger partial charge in [0.1, 0.15) is 0 Å². The summed E-state index contributed by atoms with van der Waals surface area (Å²) in [4.78, 5) is 0. The SMILES string of the molecule is CC(Nc1nn[nH]n1)c1ccccc1N. The van der Waals surface area contributed by atoms with Crippen LogP contribution in [0.3, 0.4) is 0 Å². The van der Waals surface area contributed by atoms with Gasteiger partial charge in [-0.2, -0.15) is 5.21 Å². The quantitative estimate of drug-likeness (QED) is 0.647. The number of anilines is 2. The Morgan fingerprint density at radius 2 is 2.20 bits per heavy atom. The summed E-state index contributed by atoms with van der Waals surface area (Å²) in [6.45, 7) is 1.99. The lowest BCUT2D eigenvalue weighted by molar-refractivity contribution is 0.865. The molecule has 0 saturated carbocycles. The third-order valence-corrected chi connectivity index (χ3v) is 2.15. The van der Waals surface area contributed by atoms with Crippen molar-refractivity contribution in [3.8, 4) is 0 Å². The number of nitrogens with one attached hydrogen (secondary N) is 2. The average Bonchev–Trinajstić information content (AvgIpc) is 2.71. The van der Waals surface area contributed by atoms with Gasteiger partial charge in [-0.05, 0) is 23.8 Å². The summed E-state index contributed by atoms with van der Waals surface area (Å²) >= 11 is 0. The molecule has 6 nitrogen and oxygen atoms in total. The Hall–Kier alpha value is -2.11. The normalized spacial score (nSPS) is 12.3. The number of aromatic amines is 1. The van der Waals surface area contributed by atoms with E-state index in [1.165, 1.54) is 0 Å². The van der Waals surface area contributed by atoms with Gasteiger partial charge in [0.2, 0.25) is 0 Å². The highest BCUT2D eigenvalue weighted by molar-refractivity contribution is 5.49. The number of rotatable bonds is 3. The highest BCUT2D eigenvalue weighted by Crippen LogP contribution is 2.21. The third-order valence-electron chi connectivity index (χ3n) is 2.15. The minimum Gasteiger partial charge on any atom is -0.398 e. The minimum absolute atomic E-state index is 0.0452. The molecule has 0 spiro atoms. The van der Waals surface area contributed by atoms with Crippen molar-refractivity contribution in [3.63, 3.8) is 0 Å². The van der Waals surface area contributed by atoms with Crippen LogP contribution in [0.5, 0.6) is 0 Å². The summed E-state index contributed by atoms with van der Waals surface area (Å²) in [5.41, 5.74) is 7.61. The van der Waals surface area contributed by atoms with Crippen LogP contribution in [-0.4, -0.2) is 20.6 Å². The van der Waals surface area contributed by atoms with Gasteiger partial charge in [-0.3, -0.25) is 0 Å². The van der Waals surface area contributed by atoms with Gasteiger partial charge < -0.3 is 11.1 Å². The fourth-order valence-electron chi connectivity index (χ4n) is 1.40. The maximum Gasteiger partial charge on any atom is 0.263 e. The first-order valence-electron chi connectivity index (χ1n) is 4.62. The van der Waals surface area contributed by atoms with Crippen molar-refractivity contribution in [2.24, 2.45) is 0 Å². The number of aromatic nitrogens is 4. The zero-order valence-electron chi connectivity index (χ0n) is 8.31. The van der Waals surface area contributed by atoms with Crippen molar-refractivity contribution in [1.29, 1.82) is 0 Å². The predicted octanol–water partition coefficient (Wildman–Crippen LogP) is 0.955. The molecule has 0 fully saturated rings. The molecule has 0 amide bonds. The predicted molar refractivity (Wildman–Crippen MR) is 57.1 cm³/mol. The fourth-order valence-corrected chi connectivity index (χ4v) is 1.40. The van der Waals surface area contributed by atoms with Crippen molar-refractivity contribution in [2.75, 3.05) is 11.1 Å². The van der Waals surface area contributed by atoms with E-state index in [2.05, 4.69) is 25.9 Å². The molecule has 0 aliphatic carbocycles. The van der Waals surface area contributed by atoms with Crippen LogP contribution in [-0.2, 0) is 0 Å². The van der Waals surface area contributed by atoms with E-state index in [1.54, 1.807) is 0 Å². The Balaban J connectivity index is 2.15. The van der Waals surface area contributed by atoms with E-state index < -0.39 is 0 Å². The molecule has 1 aromatic carbocycles. The zero-order valence-corrected chi connectivity index (χ0v) is 8.31. The summed E-state index contributed by atoms with van der Waals surface area (Å²) in [6.07, 6.45) is 0. The Morgan fingerprint density at radius 1 is 1.40 bits per heavy atom. The van der Waals surface area contributed by atoms with E-state index >= 15 is 0 Å². The Bertz CT molecular complexity index is 424. The minimum atomic E-state index is 0.0452. The van der Waals surface area contributed by atoms with Crippen LogP contribution in [0.4, 0.5) is 11.6 Å². The standard InChI is InChI=1S/C9H12N6/c1-6(11-9-12-14-15-13-9)7-4-2-3-5-8(7)10/h2-6H,10H2,1H3,(H2,11,12,13,14,15). The zero-order chi connectivity index (χ0) is 10.7. The second-order valence-corrected chi connectivity index (χ2v) is 3.23. The van der Waals surface area contributed by atoms with E-state index in [-0.39, 0.29) is 6.04 Å². The average molecular weight is 204 g/mol. The van der Waals surface area contributed by atoms with Crippen LogP contribution in [0, 0.1) is 0 Å². The maximum absolute atomic E-state index is 5.85. The Labute approximate surface area is 86.9 Å². The largest absolute Gasteiger partial charge is 0.398 e. The lowest BCUT2D eigenvalue weighted by Crippen LogP contribution is -2.10. The molecule has 4 N–H and O–H groups in total. The van der Waals surface area contributed by atoms with Gasteiger partial charge in [0, 0.05) is 5.69 Å². The number of hydrogen-bond donors (Lipinski definition) is 3. The smallest absolute Gasteiger partial charge is 0.263 e. The van der Waals surface area contributed by atoms with Gasteiger partial charge in [-0.25, -0.2) is 0 Å². The van der Waals surface area contributed by atoms with E-state index in [1.807, 2.05) is 31.2 Å². The van der Waals surface area contributed by atoms with Gasteiger partial charge in [-0.1, -0.05) is 23.3 Å². The van der Waals surface area contributed by atoms with Crippen LogP contribution in [0.1, 0.15) is 18.5 Å². The second kappa shape index (κ2) is 3.95. The maximum atomic E-state index is 5.85. The molecule has 0 bridgehead atoms. The molecule has 6 heteroatoms. The molecule has 2 rings (SSSR count). The molecule has 0 saturated heterocycles. The van der Waals surface area contributed by atoms with Gasteiger partial charge in [-0.15, -0.1) is 5.10 Å². The van der Waals surface area contributed by atoms with E-state index in [0.717, 1.165) is 11.3 Å². The number of para-hydroxylation sites is 1. The number of nitrogens with two attached hydrogens (primary N) is 1. The molecular formula is C9H12N6. The third kappa shape index (κ3) is 2.04. The Kier molecular flexibility index (Phi) is 2.49. The van der Waals surface area contributed by atoms with Gasteiger partial charge in [0.05, 0.1) is 6.04 Å². The summed E-state index contributed by atoms with van der Waals surface area (Å²) in [7, 11) is 0. The lowest BCUT2D eigenvalue weighted by atomic mass is 10.1. The topological polar surface area (TPSA) is 92.5 Å². The summed E-state index contributed by atoms with van der Waals surface area (Å²) < 4.78 is 0. The molecule has 1 aromatic heterocycles. The van der Waals surface area contributed by atoms with Crippen molar-refractivity contribution in [3.05, 3.63) is 29.8 Å². The van der Waals surface area contributed by atoms with Gasteiger partial charge in [0.25, 0.3) is 5.95 Å². The van der Waals surface area contributed by atoms with E-state index in [9.17, 15) is 0 Å². The van der Waals surface area contributed by atoms with Crippen LogP contribution in [0.15, 0.2) is 24.3 Å². The number of H-pyrrole nitrogens is 1. The molecule has 0 aliphatic heterocycles. The lowest BCUT2D eigenvalue weighted by Gasteiger charge is -2.14. The summed E-state index contributed by atoms with van der Waals surface area (Å²) in [5.74, 6) is 0.464. The number of benzene rings is 1. The van der Waals surface area contributed by atoms with Crippen LogP contribution in [0.2, 0.25) is 0 Å². The molecular weight excluding hydrogens is 192 g/mol. The van der Waals surface area contributed by atoms with Crippen molar-refractivity contribution >= 4 is 11.6 Å². The number of nitrogen functional groups attached to an aromatic ring is 1. The molecule has 78 valence electrons.